The van der Waals surface area contributed by atoms with Gasteiger partial charge >= 0.3 is 0 Å². The first kappa shape index (κ1) is 16.2. The number of benzene rings is 1. The number of hydrogen-bond donors (Lipinski definition) is 0. The van der Waals surface area contributed by atoms with Crippen LogP contribution >= 0.6 is 0 Å². The fourth-order valence-electron chi connectivity index (χ4n) is 3.39. The molecule has 1 aliphatic heterocycles. The van der Waals surface area contributed by atoms with Gasteiger partial charge in [0.05, 0.1) is 17.7 Å². The lowest BCUT2D eigenvalue weighted by atomic mass is 10.1. The summed E-state index contributed by atoms with van der Waals surface area (Å²) < 4.78 is 5.48. The molecule has 25 heavy (non-hydrogen) atoms. The fraction of sp³-hybridized carbons (Fsp3) is 0.526. The lowest BCUT2D eigenvalue weighted by molar-refractivity contribution is 0.0845. The van der Waals surface area contributed by atoms with E-state index < -0.39 is 0 Å². The van der Waals surface area contributed by atoms with E-state index in [1.54, 1.807) is 0 Å². The van der Waals surface area contributed by atoms with E-state index in [1.807, 2.05) is 18.2 Å². The lowest BCUT2D eigenvalue weighted by Gasteiger charge is -2.36. The molecule has 1 atom stereocenters. The third-order valence-electron chi connectivity index (χ3n) is 5.17. The second kappa shape index (κ2) is 6.95. The maximum Gasteiger partial charge on any atom is 0.243 e. The van der Waals surface area contributed by atoms with E-state index in [0.717, 1.165) is 50.0 Å². The summed E-state index contributed by atoms with van der Waals surface area (Å²) in [6.45, 7) is 7.02. The Morgan fingerprint density at radius 1 is 1.28 bits per heavy atom. The molecule has 1 saturated heterocycles. The van der Waals surface area contributed by atoms with Gasteiger partial charge in [-0.2, -0.15) is 10.2 Å². The van der Waals surface area contributed by atoms with Gasteiger partial charge < -0.3 is 4.52 Å². The molecule has 0 N–H and O–H groups in total. The largest absolute Gasteiger partial charge is 0.338 e. The molecule has 1 saturated carbocycles. The fourth-order valence-corrected chi connectivity index (χ4v) is 3.39. The van der Waals surface area contributed by atoms with Crippen molar-refractivity contribution in [2.75, 3.05) is 26.2 Å². The van der Waals surface area contributed by atoms with Crippen LogP contribution in [0.4, 0.5) is 0 Å². The molecule has 1 aromatic carbocycles. The van der Waals surface area contributed by atoms with E-state index in [9.17, 15) is 0 Å². The molecule has 1 aliphatic carbocycles. The predicted octanol–water partition coefficient (Wildman–Crippen LogP) is 2.70. The summed E-state index contributed by atoms with van der Waals surface area (Å²) >= 11 is 0. The van der Waals surface area contributed by atoms with Crippen LogP contribution in [0.5, 0.6) is 0 Å². The minimum atomic E-state index is 0.170. The van der Waals surface area contributed by atoms with Crippen LogP contribution in [0.3, 0.4) is 0 Å². The van der Waals surface area contributed by atoms with Gasteiger partial charge in [0.2, 0.25) is 5.89 Å². The summed E-state index contributed by atoms with van der Waals surface area (Å²) in [7, 11) is 0. The van der Waals surface area contributed by atoms with Gasteiger partial charge in [-0.15, -0.1) is 0 Å². The highest BCUT2D eigenvalue weighted by Crippen LogP contribution is 2.38. The Bertz CT molecular complexity index is 768. The number of rotatable bonds is 5. The Balaban J connectivity index is 1.32. The minimum absolute atomic E-state index is 0.170. The molecule has 0 amide bonds. The van der Waals surface area contributed by atoms with Gasteiger partial charge in [-0.25, -0.2) is 0 Å². The topological polar surface area (TPSA) is 69.2 Å². The van der Waals surface area contributed by atoms with E-state index in [-0.39, 0.29) is 6.04 Å². The Morgan fingerprint density at radius 2 is 2.08 bits per heavy atom. The molecule has 2 heterocycles. The summed E-state index contributed by atoms with van der Waals surface area (Å²) in [6, 6.07) is 10.3. The molecule has 0 spiro atoms. The zero-order valence-electron chi connectivity index (χ0n) is 14.6. The van der Waals surface area contributed by atoms with Crippen LogP contribution in [0.25, 0.3) is 0 Å². The molecule has 2 aromatic rings. The average Bonchev–Trinajstić information content (AvgIpc) is 3.39. The molecule has 130 valence electrons. The number of aromatic nitrogens is 2. The van der Waals surface area contributed by atoms with Crippen LogP contribution < -0.4 is 0 Å². The third kappa shape index (κ3) is 3.73. The normalized spacial score (nSPS) is 20.3. The van der Waals surface area contributed by atoms with E-state index in [4.69, 9.17) is 9.78 Å². The first-order chi connectivity index (χ1) is 12.2. The van der Waals surface area contributed by atoms with Crippen molar-refractivity contribution in [3.05, 3.63) is 47.1 Å². The Morgan fingerprint density at radius 3 is 2.80 bits per heavy atom. The second-order valence-corrected chi connectivity index (χ2v) is 7.07. The van der Waals surface area contributed by atoms with Gasteiger partial charge in [-0.1, -0.05) is 17.3 Å². The van der Waals surface area contributed by atoms with Gasteiger partial charge in [-0.3, -0.25) is 9.80 Å². The summed E-state index contributed by atoms with van der Waals surface area (Å²) in [5, 5.41) is 13.2. The number of nitrogens with zero attached hydrogens (tertiary/aromatic N) is 5. The van der Waals surface area contributed by atoms with E-state index in [2.05, 4.69) is 39.0 Å². The van der Waals surface area contributed by atoms with Crippen LogP contribution in [0, 0.1) is 11.3 Å². The Labute approximate surface area is 148 Å². The number of hydrogen-bond acceptors (Lipinski definition) is 6. The molecule has 0 radical (unpaired) electrons. The van der Waals surface area contributed by atoms with Gasteiger partial charge in [-0.05, 0) is 37.5 Å². The van der Waals surface area contributed by atoms with Gasteiger partial charge in [0.15, 0.2) is 5.82 Å². The van der Waals surface area contributed by atoms with Crippen LogP contribution in [0.1, 0.15) is 54.6 Å². The monoisotopic (exact) mass is 337 g/mol. The van der Waals surface area contributed by atoms with Crippen molar-refractivity contribution in [2.24, 2.45) is 0 Å². The van der Waals surface area contributed by atoms with Crippen LogP contribution in [-0.4, -0.2) is 46.1 Å². The standard InChI is InChI=1S/C19H23N5O/c1-14(19-21-18(22-25-19)17-5-6-17)24-9-7-23(8-10-24)13-16-4-2-3-15(11-16)12-20/h2-4,11,14,17H,5-10,13H2,1H3/t14-/m0/s1. The first-order valence-electron chi connectivity index (χ1n) is 9.02. The van der Waals surface area contributed by atoms with Crippen LogP contribution in [0.15, 0.2) is 28.8 Å². The second-order valence-electron chi connectivity index (χ2n) is 7.07. The van der Waals surface area contributed by atoms with Crippen molar-refractivity contribution in [3.8, 4) is 6.07 Å². The van der Waals surface area contributed by atoms with E-state index >= 15 is 0 Å². The third-order valence-corrected chi connectivity index (χ3v) is 5.17. The molecule has 2 fully saturated rings. The maximum atomic E-state index is 9.02. The molecule has 0 unspecified atom stereocenters. The zero-order chi connectivity index (χ0) is 17.2. The molecule has 2 aliphatic rings. The quantitative estimate of drug-likeness (QED) is 0.835. The highest BCUT2D eigenvalue weighted by Gasteiger charge is 2.31. The zero-order valence-corrected chi connectivity index (χ0v) is 14.6. The van der Waals surface area contributed by atoms with Crippen molar-refractivity contribution in [1.29, 1.82) is 5.26 Å². The molecule has 6 heteroatoms. The molecular weight excluding hydrogens is 314 g/mol. The first-order valence-corrected chi connectivity index (χ1v) is 9.02. The molecular formula is C19H23N5O. The van der Waals surface area contributed by atoms with Gasteiger partial charge in [0, 0.05) is 38.6 Å². The van der Waals surface area contributed by atoms with Crippen LogP contribution in [-0.2, 0) is 6.54 Å². The molecule has 0 bridgehead atoms. The van der Waals surface area contributed by atoms with Gasteiger partial charge in [0.1, 0.15) is 0 Å². The predicted molar refractivity (Wildman–Crippen MR) is 92.7 cm³/mol. The van der Waals surface area contributed by atoms with Crippen LogP contribution in [0.2, 0.25) is 0 Å². The summed E-state index contributed by atoms with van der Waals surface area (Å²) in [4.78, 5) is 9.43. The molecule has 4 rings (SSSR count). The maximum absolute atomic E-state index is 9.02. The highest BCUT2D eigenvalue weighted by atomic mass is 16.5. The Hall–Kier alpha value is -2.23. The summed E-state index contributed by atoms with van der Waals surface area (Å²) in [5.41, 5.74) is 1.93. The SMILES string of the molecule is C[C@@H](c1nc(C2CC2)no1)N1CCN(Cc2cccc(C#N)c2)CC1. The van der Waals surface area contributed by atoms with Crippen molar-refractivity contribution < 1.29 is 4.52 Å². The Kier molecular flexibility index (Phi) is 4.51. The van der Waals surface area contributed by atoms with Crippen molar-refractivity contribution in [1.82, 2.24) is 19.9 Å². The summed E-state index contributed by atoms with van der Waals surface area (Å²) in [6.07, 6.45) is 2.39. The number of piperazine rings is 1. The lowest BCUT2D eigenvalue weighted by Crippen LogP contribution is -2.46. The van der Waals surface area contributed by atoms with Gasteiger partial charge in [0.25, 0.3) is 0 Å². The minimum Gasteiger partial charge on any atom is -0.338 e. The van der Waals surface area contributed by atoms with Crippen molar-refractivity contribution >= 4 is 0 Å². The average molecular weight is 337 g/mol. The number of nitriles is 1. The van der Waals surface area contributed by atoms with E-state index in [0.29, 0.717) is 5.92 Å². The summed E-state index contributed by atoms with van der Waals surface area (Å²) in [5.74, 6) is 2.17. The molecule has 6 nitrogen and oxygen atoms in total. The van der Waals surface area contributed by atoms with Crippen molar-refractivity contribution in [2.45, 2.75) is 38.3 Å². The highest BCUT2D eigenvalue weighted by molar-refractivity contribution is 5.32. The van der Waals surface area contributed by atoms with E-state index in [1.165, 1.54) is 18.4 Å². The molecule has 1 aromatic heterocycles. The smallest absolute Gasteiger partial charge is 0.243 e. The van der Waals surface area contributed by atoms with Crippen molar-refractivity contribution in [3.63, 3.8) is 0 Å².